The van der Waals surface area contributed by atoms with Gasteiger partial charge in [-0.05, 0) is 44.1 Å². The van der Waals surface area contributed by atoms with Crippen molar-refractivity contribution < 1.29 is 18.4 Å². The zero-order chi connectivity index (χ0) is 21.0. The number of piperidine rings is 1. The van der Waals surface area contributed by atoms with Crippen molar-refractivity contribution in [2.45, 2.75) is 51.5 Å². The molecule has 2 aliphatic rings. The number of carbonyl (C=O) groups is 2. The molecular weight excluding hydrogens is 374 g/mol. The molecule has 1 aromatic carbocycles. The molecule has 4 nitrogen and oxygen atoms in total. The van der Waals surface area contributed by atoms with Crippen molar-refractivity contribution in [2.75, 3.05) is 13.1 Å². The number of alkyl halides is 2. The summed E-state index contributed by atoms with van der Waals surface area (Å²) >= 11 is 0. The molecule has 1 unspecified atom stereocenters. The maximum absolute atomic E-state index is 13.3. The molecule has 2 amide bonds. The van der Waals surface area contributed by atoms with Crippen LogP contribution in [0.5, 0.6) is 0 Å². The lowest BCUT2D eigenvalue weighted by atomic mass is 9.87. The molecule has 6 heteroatoms. The maximum Gasteiger partial charge on any atom is 0.322 e. The van der Waals surface area contributed by atoms with Crippen LogP contribution in [0.3, 0.4) is 0 Å². The Morgan fingerprint density at radius 2 is 1.83 bits per heavy atom. The molecule has 0 spiro atoms. The maximum atomic E-state index is 13.3. The number of nitrogens with one attached hydrogen (secondary N) is 1. The summed E-state index contributed by atoms with van der Waals surface area (Å²) in [6.07, 6.45) is 6.53. The van der Waals surface area contributed by atoms with Gasteiger partial charge in [-0.25, -0.2) is 0 Å². The molecule has 1 heterocycles. The molecule has 0 radical (unpaired) electrons. The monoisotopic (exact) mass is 402 g/mol. The van der Waals surface area contributed by atoms with Crippen molar-refractivity contribution in [1.82, 2.24) is 10.2 Å². The lowest BCUT2D eigenvalue weighted by molar-refractivity contribution is -0.156. The van der Waals surface area contributed by atoms with Crippen molar-refractivity contribution in [1.29, 1.82) is 0 Å². The number of nitrogens with zero attached hydrogens (tertiary/aromatic N) is 1. The van der Waals surface area contributed by atoms with E-state index in [1.807, 2.05) is 49.4 Å². The van der Waals surface area contributed by atoms with Gasteiger partial charge in [0, 0.05) is 25.6 Å². The molecule has 1 aromatic rings. The van der Waals surface area contributed by atoms with E-state index in [0.29, 0.717) is 39.3 Å². The van der Waals surface area contributed by atoms with Gasteiger partial charge in [-0.3, -0.25) is 9.59 Å². The number of carbonyl (C=O) groups excluding carboxylic acids is 2. The molecule has 0 bridgehead atoms. The summed E-state index contributed by atoms with van der Waals surface area (Å²) in [6.45, 7) is 3.31. The van der Waals surface area contributed by atoms with Gasteiger partial charge in [0.1, 0.15) is 0 Å². The lowest BCUT2D eigenvalue weighted by Gasteiger charge is -2.35. The fraction of sp³-hybridized carbons (Fsp3) is 0.478. The standard InChI is InChI=1S/C23H28F2N2O2/c1-16-8-9-19(14-16)21(28)26-20(18-6-4-3-5-7-18)15-17-10-12-27(13-11-17)22(29)23(2,24)25/h3-9,17,20H,10-15H2,1-2H3,(H,26,28). The highest BCUT2D eigenvalue weighted by atomic mass is 19.3. The summed E-state index contributed by atoms with van der Waals surface area (Å²) in [5.41, 5.74) is 2.95. The molecule has 1 fully saturated rings. The lowest BCUT2D eigenvalue weighted by Crippen LogP contribution is -2.46. The van der Waals surface area contributed by atoms with E-state index in [4.69, 9.17) is 0 Å². The van der Waals surface area contributed by atoms with Crippen molar-refractivity contribution >= 4 is 11.8 Å². The Labute approximate surface area is 170 Å². The number of hydrogen-bond donors (Lipinski definition) is 1. The Bertz CT molecular complexity index is 804. The van der Waals surface area contributed by atoms with Gasteiger partial charge in [-0.15, -0.1) is 0 Å². The van der Waals surface area contributed by atoms with E-state index in [9.17, 15) is 18.4 Å². The highest BCUT2D eigenvalue weighted by Gasteiger charge is 2.38. The van der Waals surface area contributed by atoms with Crippen LogP contribution in [0.15, 0.2) is 53.6 Å². The zero-order valence-electron chi connectivity index (χ0n) is 17.0. The predicted octanol–water partition coefficient (Wildman–Crippen LogP) is 4.40. The van der Waals surface area contributed by atoms with E-state index in [1.165, 1.54) is 4.90 Å². The third-order valence-electron chi connectivity index (χ3n) is 5.68. The zero-order valence-corrected chi connectivity index (χ0v) is 17.0. The second-order valence-electron chi connectivity index (χ2n) is 8.18. The Morgan fingerprint density at radius 3 is 2.38 bits per heavy atom. The van der Waals surface area contributed by atoms with Crippen molar-refractivity contribution in [2.24, 2.45) is 5.92 Å². The van der Waals surface area contributed by atoms with Crippen LogP contribution < -0.4 is 5.32 Å². The molecule has 1 atom stereocenters. The summed E-state index contributed by atoms with van der Waals surface area (Å²) in [5.74, 6) is -4.23. The van der Waals surface area contributed by atoms with Gasteiger partial charge >= 0.3 is 5.92 Å². The SMILES string of the molecule is CC1=CC=C(C(=O)NC(CC2CCN(C(=O)C(C)(F)F)CC2)c2ccccc2)C1. The molecule has 0 aromatic heterocycles. The Kier molecular flexibility index (Phi) is 6.50. The molecule has 0 saturated carbocycles. The number of hydrogen-bond acceptors (Lipinski definition) is 2. The summed E-state index contributed by atoms with van der Waals surface area (Å²) in [6, 6.07) is 9.66. The van der Waals surface area contributed by atoms with Gasteiger partial charge in [-0.2, -0.15) is 8.78 Å². The topological polar surface area (TPSA) is 49.4 Å². The minimum Gasteiger partial charge on any atom is -0.345 e. The summed E-state index contributed by atoms with van der Waals surface area (Å²) in [7, 11) is 0. The molecule has 1 aliphatic heterocycles. The highest BCUT2D eigenvalue weighted by Crippen LogP contribution is 2.30. The van der Waals surface area contributed by atoms with Gasteiger partial charge in [0.05, 0.1) is 6.04 Å². The summed E-state index contributed by atoms with van der Waals surface area (Å²) < 4.78 is 26.6. The number of likely N-dealkylation sites (tertiary alicyclic amines) is 1. The normalized spacial score (nSPS) is 18.8. The molecular formula is C23H28F2N2O2. The van der Waals surface area contributed by atoms with Gasteiger partial charge in [0.15, 0.2) is 0 Å². The molecule has 1 N–H and O–H groups in total. The Morgan fingerprint density at radius 1 is 1.17 bits per heavy atom. The number of amides is 2. The minimum atomic E-state index is -3.32. The Balaban J connectivity index is 1.63. The van der Waals surface area contributed by atoms with Gasteiger partial charge in [0.25, 0.3) is 5.91 Å². The quantitative estimate of drug-likeness (QED) is 0.767. The smallest absolute Gasteiger partial charge is 0.322 e. The van der Waals surface area contributed by atoms with Gasteiger partial charge in [-0.1, -0.05) is 48.1 Å². The van der Waals surface area contributed by atoms with E-state index in [1.54, 1.807) is 0 Å². The largest absolute Gasteiger partial charge is 0.345 e. The fourth-order valence-electron chi connectivity index (χ4n) is 4.01. The molecule has 1 saturated heterocycles. The summed E-state index contributed by atoms with van der Waals surface area (Å²) in [4.78, 5) is 25.8. The van der Waals surface area contributed by atoms with Crippen LogP contribution in [-0.2, 0) is 9.59 Å². The van der Waals surface area contributed by atoms with E-state index < -0.39 is 11.8 Å². The third-order valence-corrected chi connectivity index (χ3v) is 5.68. The average molecular weight is 402 g/mol. The van der Waals surface area contributed by atoms with E-state index in [-0.39, 0.29) is 17.9 Å². The first-order valence-corrected chi connectivity index (χ1v) is 10.1. The highest BCUT2D eigenvalue weighted by molar-refractivity contribution is 5.95. The second-order valence-corrected chi connectivity index (χ2v) is 8.18. The molecule has 1 aliphatic carbocycles. The second kappa shape index (κ2) is 8.89. The number of halogens is 2. The van der Waals surface area contributed by atoms with Crippen LogP contribution in [0.2, 0.25) is 0 Å². The van der Waals surface area contributed by atoms with Gasteiger partial charge in [0.2, 0.25) is 5.91 Å². The first-order valence-electron chi connectivity index (χ1n) is 10.1. The van der Waals surface area contributed by atoms with Crippen LogP contribution in [0.1, 0.15) is 51.1 Å². The van der Waals surface area contributed by atoms with Crippen LogP contribution in [-0.4, -0.2) is 35.7 Å². The molecule has 29 heavy (non-hydrogen) atoms. The summed E-state index contributed by atoms with van der Waals surface area (Å²) in [5, 5.41) is 3.16. The first-order chi connectivity index (χ1) is 13.7. The predicted molar refractivity (Wildman–Crippen MR) is 108 cm³/mol. The first kappa shape index (κ1) is 21.2. The minimum absolute atomic E-state index is 0.0646. The van der Waals surface area contributed by atoms with Crippen LogP contribution in [0.4, 0.5) is 8.78 Å². The van der Waals surface area contributed by atoms with Gasteiger partial charge < -0.3 is 10.2 Å². The average Bonchev–Trinajstić information content (AvgIpc) is 3.14. The van der Waals surface area contributed by atoms with Crippen molar-refractivity contribution in [3.05, 3.63) is 59.2 Å². The van der Waals surface area contributed by atoms with E-state index >= 15 is 0 Å². The van der Waals surface area contributed by atoms with Crippen LogP contribution >= 0.6 is 0 Å². The molecule has 3 rings (SSSR count). The van der Waals surface area contributed by atoms with E-state index in [2.05, 4.69) is 5.32 Å². The Hall–Kier alpha value is -2.50. The van der Waals surface area contributed by atoms with Crippen molar-refractivity contribution in [3.8, 4) is 0 Å². The number of benzene rings is 1. The number of allylic oxidation sites excluding steroid dienone is 3. The fourth-order valence-corrected chi connectivity index (χ4v) is 4.01. The van der Waals surface area contributed by atoms with Crippen molar-refractivity contribution in [3.63, 3.8) is 0 Å². The number of rotatable bonds is 6. The molecule has 156 valence electrons. The van der Waals surface area contributed by atoms with E-state index in [0.717, 1.165) is 23.1 Å². The third kappa shape index (κ3) is 5.52. The van der Waals surface area contributed by atoms with Crippen LogP contribution in [0, 0.1) is 5.92 Å². The van der Waals surface area contributed by atoms with Crippen LogP contribution in [0.25, 0.3) is 0 Å².